The SMILES string of the molecule is NCCCc1nnc(Cc2cccc3ccccc23)o1. The fraction of sp³-hybridized carbons (Fsp3) is 0.250. The topological polar surface area (TPSA) is 64.9 Å². The van der Waals surface area contributed by atoms with Gasteiger partial charge < -0.3 is 10.2 Å². The maximum Gasteiger partial charge on any atom is 0.220 e. The summed E-state index contributed by atoms with van der Waals surface area (Å²) in [6.45, 7) is 0.640. The van der Waals surface area contributed by atoms with Crippen molar-refractivity contribution in [1.29, 1.82) is 0 Å². The van der Waals surface area contributed by atoms with Crippen LogP contribution in [-0.2, 0) is 12.8 Å². The van der Waals surface area contributed by atoms with Crippen LogP contribution in [0, 0.1) is 0 Å². The van der Waals surface area contributed by atoms with E-state index in [1.54, 1.807) is 0 Å². The number of nitrogens with zero attached hydrogens (tertiary/aromatic N) is 2. The second kappa shape index (κ2) is 5.84. The molecule has 0 aliphatic rings. The van der Waals surface area contributed by atoms with E-state index in [0.717, 1.165) is 12.8 Å². The Hall–Kier alpha value is -2.20. The zero-order valence-corrected chi connectivity index (χ0v) is 11.2. The largest absolute Gasteiger partial charge is 0.425 e. The molecule has 0 saturated heterocycles. The van der Waals surface area contributed by atoms with Crippen molar-refractivity contribution in [3.8, 4) is 0 Å². The highest BCUT2D eigenvalue weighted by atomic mass is 16.4. The van der Waals surface area contributed by atoms with Crippen LogP contribution in [0.15, 0.2) is 46.9 Å². The van der Waals surface area contributed by atoms with Gasteiger partial charge in [-0.3, -0.25) is 0 Å². The first-order valence-corrected chi connectivity index (χ1v) is 6.85. The maximum atomic E-state index is 5.66. The second-order valence-electron chi connectivity index (χ2n) is 4.80. The molecule has 0 amide bonds. The van der Waals surface area contributed by atoms with Crippen LogP contribution in [0.25, 0.3) is 10.8 Å². The zero-order valence-electron chi connectivity index (χ0n) is 11.2. The van der Waals surface area contributed by atoms with Gasteiger partial charge in [-0.15, -0.1) is 10.2 Å². The zero-order chi connectivity index (χ0) is 13.8. The first-order chi connectivity index (χ1) is 9.86. The molecule has 3 rings (SSSR count). The van der Waals surface area contributed by atoms with Gasteiger partial charge in [-0.1, -0.05) is 42.5 Å². The molecule has 2 aromatic carbocycles. The van der Waals surface area contributed by atoms with Crippen LogP contribution in [0.3, 0.4) is 0 Å². The fourth-order valence-electron chi connectivity index (χ4n) is 2.32. The lowest BCUT2D eigenvalue weighted by atomic mass is 10.0. The molecule has 0 atom stereocenters. The van der Waals surface area contributed by atoms with Crippen molar-refractivity contribution in [3.63, 3.8) is 0 Å². The number of aromatic nitrogens is 2. The minimum Gasteiger partial charge on any atom is -0.425 e. The Morgan fingerprint density at radius 3 is 2.65 bits per heavy atom. The lowest BCUT2D eigenvalue weighted by Gasteiger charge is -2.03. The minimum atomic E-state index is 0.640. The van der Waals surface area contributed by atoms with Crippen molar-refractivity contribution in [2.75, 3.05) is 6.54 Å². The number of nitrogens with two attached hydrogens (primary N) is 1. The molecule has 20 heavy (non-hydrogen) atoms. The Bertz CT molecular complexity index is 700. The highest BCUT2D eigenvalue weighted by Gasteiger charge is 2.08. The molecule has 102 valence electrons. The lowest BCUT2D eigenvalue weighted by Crippen LogP contribution is -2.00. The van der Waals surface area contributed by atoms with E-state index >= 15 is 0 Å². The number of benzene rings is 2. The molecule has 0 spiro atoms. The van der Waals surface area contributed by atoms with Crippen molar-refractivity contribution in [3.05, 3.63) is 59.8 Å². The maximum absolute atomic E-state index is 5.66. The molecule has 0 fully saturated rings. The Labute approximate surface area is 117 Å². The molecule has 2 N–H and O–H groups in total. The molecule has 0 aliphatic heterocycles. The quantitative estimate of drug-likeness (QED) is 0.772. The van der Waals surface area contributed by atoms with Crippen LogP contribution in [0.1, 0.15) is 23.8 Å². The van der Waals surface area contributed by atoms with Crippen molar-refractivity contribution in [1.82, 2.24) is 10.2 Å². The molecule has 1 heterocycles. The summed E-state index contributed by atoms with van der Waals surface area (Å²) in [5, 5.41) is 10.6. The van der Waals surface area contributed by atoms with Crippen LogP contribution in [0.4, 0.5) is 0 Å². The van der Waals surface area contributed by atoms with Crippen LogP contribution in [0.5, 0.6) is 0 Å². The highest BCUT2D eigenvalue weighted by Crippen LogP contribution is 2.21. The molecule has 4 nitrogen and oxygen atoms in total. The number of hydrogen-bond acceptors (Lipinski definition) is 4. The molecular weight excluding hydrogens is 250 g/mol. The minimum absolute atomic E-state index is 0.640. The van der Waals surface area contributed by atoms with E-state index in [2.05, 4.69) is 40.5 Å². The van der Waals surface area contributed by atoms with Gasteiger partial charge in [0.05, 0.1) is 6.42 Å². The predicted octanol–water partition coefficient (Wildman–Crippen LogP) is 2.70. The molecule has 0 bridgehead atoms. The third-order valence-corrected chi connectivity index (χ3v) is 3.33. The summed E-state index contributed by atoms with van der Waals surface area (Å²) in [6, 6.07) is 14.6. The van der Waals surface area contributed by atoms with Gasteiger partial charge in [0, 0.05) is 6.42 Å². The van der Waals surface area contributed by atoms with Gasteiger partial charge in [-0.25, -0.2) is 0 Å². The molecular formula is C16H17N3O. The van der Waals surface area contributed by atoms with Gasteiger partial charge in [0.1, 0.15) is 0 Å². The molecule has 0 saturated carbocycles. The molecule has 0 unspecified atom stereocenters. The lowest BCUT2D eigenvalue weighted by molar-refractivity contribution is 0.453. The highest BCUT2D eigenvalue weighted by molar-refractivity contribution is 5.85. The van der Waals surface area contributed by atoms with E-state index in [4.69, 9.17) is 10.2 Å². The Kier molecular flexibility index (Phi) is 3.74. The number of fused-ring (bicyclic) bond motifs is 1. The second-order valence-corrected chi connectivity index (χ2v) is 4.80. The molecule has 1 aromatic heterocycles. The van der Waals surface area contributed by atoms with Gasteiger partial charge in [0.2, 0.25) is 11.8 Å². The third-order valence-electron chi connectivity index (χ3n) is 3.33. The van der Waals surface area contributed by atoms with Crippen molar-refractivity contribution < 1.29 is 4.42 Å². The van der Waals surface area contributed by atoms with E-state index in [-0.39, 0.29) is 0 Å². The van der Waals surface area contributed by atoms with Crippen molar-refractivity contribution in [2.45, 2.75) is 19.3 Å². The Morgan fingerprint density at radius 1 is 0.950 bits per heavy atom. The standard InChI is InChI=1S/C16H17N3O/c17-10-4-9-15-18-19-16(20-15)11-13-7-3-6-12-5-1-2-8-14(12)13/h1-3,5-8H,4,9-11,17H2. The Balaban J connectivity index is 1.84. The first-order valence-electron chi connectivity index (χ1n) is 6.85. The summed E-state index contributed by atoms with van der Waals surface area (Å²) in [7, 11) is 0. The monoisotopic (exact) mass is 267 g/mol. The van der Waals surface area contributed by atoms with Crippen molar-refractivity contribution >= 4 is 10.8 Å². The average Bonchev–Trinajstić information content (AvgIpc) is 2.93. The summed E-state index contributed by atoms with van der Waals surface area (Å²) >= 11 is 0. The third kappa shape index (κ3) is 2.70. The smallest absolute Gasteiger partial charge is 0.220 e. The summed E-state index contributed by atoms with van der Waals surface area (Å²) in [6.07, 6.45) is 2.28. The van der Waals surface area contributed by atoms with Crippen molar-refractivity contribution in [2.24, 2.45) is 5.73 Å². The summed E-state index contributed by atoms with van der Waals surface area (Å²) in [4.78, 5) is 0. The normalized spacial score (nSPS) is 11.1. The van der Waals surface area contributed by atoms with Crippen LogP contribution >= 0.6 is 0 Å². The van der Waals surface area contributed by atoms with Gasteiger partial charge >= 0.3 is 0 Å². The van der Waals surface area contributed by atoms with Gasteiger partial charge in [0.15, 0.2) is 0 Å². The van der Waals surface area contributed by atoms with E-state index < -0.39 is 0 Å². The van der Waals surface area contributed by atoms with E-state index in [0.29, 0.717) is 24.7 Å². The molecule has 3 aromatic rings. The number of rotatable bonds is 5. The summed E-state index contributed by atoms with van der Waals surface area (Å²) < 4.78 is 5.66. The van der Waals surface area contributed by atoms with E-state index in [9.17, 15) is 0 Å². The van der Waals surface area contributed by atoms with Crippen LogP contribution in [-0.4, -0.2) is 16.7 Å². The van der Waals surface area contributed by atoms with Crippen LogP contribution < -0.4 is 5.73 Å². The fourth-order valence-corrected chi connectivity index (χ4v) is 2.32. The number of aryl methyl sites for hydroxylation is 1. The van der Waals surface area contributed by atoms with Gasteiger partial charge in [-0.2, -0.15) is 0 Å². The van der Waals surface area contributed by atoms with Crippen LogP contribution in [0.2, 0.25) is 0 Å². The number of hydrogen-bond donors (Lipinski definition) is 1. The Morgan fingerprint density at radius 2 is 1.75 bits per heavy atom. The van der Waals surface area contributed by atoms with E-state index in [1.807, 2.05) is 12.1 Å². The summed E-state index contributed by atoms with van der Waals surface area (Å²) in [5.74, 6) is 1.33. The summed E-state index contributed by atoms with van der Waals surface area (Å²) in [5.41, 5.74) is 6.68. The first kappa shape index (κ1) is 12.8. The van der Waals surface area contributed by atoms with E-state index in [1.165, 1.54) is 16.3 Å². The van der Waals surface area contributed by atoms with Gasteiger partial charge in [-0.05, 0) is 29.3 Å². The molecule has 0 aliphatic carbocycles. The molecule has 0 radical (unpaired) electrons. The average molecular weight is 267 g/mol. The molecule has 4 heteroatoms. The predicted molar refractivity (Wildman–Crippen MR) is 78.4 cm³/mol. The van der Waals surface area contributed by atoms with Gasteiger partial charge in [0.25, 0.3) is 0 Å².